The molecular weight excluding hydrogens is 252 g/mol. The van der Waals surface area contributed by atoms with Crippen LogP contribution in [0.25, 0.3) is 10.9 Å². The summed E-state index contributed by atoms with van der Waals surface area (Å²) in [6.45, 7) is 0.612. The number of nitrogens with zero attached hydrogens (tertiary/aromatic N) is 2. The average molecular weight is 266 g/mol. The molecule has 0 aliphatic heterocycles. The van der Waals surface area contributed by atoms with Crippen molar-refractivity contribution in [2.75, 3.05) is 7.11 Å². The molecule has 0 aliphatic rings. The van der Waals surface area contributed by atoms with E-state index in [4.69, 9.17) is 4.74 Å². The van der Waals surface area contributed by atoms with Gasteiger partial charge in [0.25, 0.3) is 0 Å². The topological polar surface area (TPSA) is 44.1 Å². The molecule has 100 valence electrons. The number of methoxy groups -OCH3 is 1. The highest BCUT2D eigenvalue weighted by molar-refractivity contribution is 5.88. The van der Waals surface area contributed by atoms with Crippen molar-refractivity contribution in [2.24, 2.45) is 0 Å². The summed E-state index contributed by atoms with van der Waals surface area (Å²) in [4.78, 5) is 16.0. The van der Waals surface area contributed by atoms with Gasteiger partial charge >= 0.3 is 5.97 Å². The Labute approximate surface area is 116 Å². The zero-order chi connectivity index (χ0) is 13.9. The highest BCUT2D eigenvalue weighted by Crippen LogP contribution is 2.18. The number of hydrogen-bond acceptors (Lipinski definition) is 3. The van der Waals surface area contributed by atoms with E-state index in [-0.39, 0.29) is 5.97 Å². The van der Waals surface area contributed by atoms with Crippen LogP contribution in [0.15, 0.2) is 54.9 Å². The van der Waals surface area contributed by atoms with Crippen LogP contribution in [-0.2, 0) is 11.3 Å². The van der Waals surface area contributed by atoms with Crippen LogP contribution in [0.2, 0.25) is 0 Å². The summed E-state index contributed by atoms with van der Waals surface area (Å²) in [5.41, 5.74) is 2.63. The molecule has 0 amide bonds. The molecule has 0 spiro atoms. The highest BCUT2D eigenvalue weighted by Gasteiger charge is 2.11. The van der Waals surface area contributed by atoms with Crippen molar-refractivity contribution >= 4 is 16.9 Å². The minimum atomic E-state index is -0.326. The van der Waals surface area contributed by atoms with Gasteiger partial charge in [0.2, 0.25) is 0 Å². The lowest BCUT2D eigenvalue weighted by atomic mass is 10.1. The van der Waals surface area contributed by atoms with Gasteiger partial charge in [0, 0.05) is 24.3 Å². The third kappa shape index (κ3) is 2.16. The van der Waals surface area contributed by atoms with Gasteiger partial charge < -0.3 is 9.30 Å². The number of aromatic nitrogens is 2. The predicted molar refractivity (Wildman–Crippen MR) is 76.6 cm³/mol. The van der Waals surface area contributed by atoms with Crippen LogP contribution < -0.4 is 0 Å². The van der Waals surface area contributed by atoms with Gasteiger partial charge in [-0.05, 0) is 29.8 Å². The predicted octanol–water partition coefficient (Wildman–Crippen LogP) is 2.87. The molecule has 3 aromatic rings. The van der Waals surface area contributed by atoms with Crippen molar-refractivity contribution in [1.82, 2.24) is 9.55 Å². The molecule has 0 aliphatic carbocycles. The van der Waals surface area contributed by atoms with Crippen LogP contribution >= 0.6 is 0 Å². The summed E-state index contributed by atoms with van der Waals surface area (Å²) in [6, 6.07) is 13.6. The fourth-order valence-electron chi connectivity index (χ4n) is 2.32. The fraction of sp³-hybridized carbons (Fsp3) is 0.125. The van der Waals surface area contributed by atoms with Crippen molar-refractivity contribution in [2.45, 2.75) is 6.54 Å². The highest BCUT2D eigenvalue weighted by atomic mass is 16.5. The molecule has 3 rings (SSSR count). The fourth-order valence-corrected chi connectivity index (χ4v) is 2.32. The number of carbonyl (C=O) groups is 1. The van der Waals surface area contributed by atoms with Crippen molar-refractivity contribution in [1.29, 1.82) is 0 Å². The van der Waals surface area contributed by atoms with E-state index >= 15 is 0 Å². The standard InChI is InChI=1S/C16H14N2O2/c1-20-16(19)15-7-4-10-18(15)11-12-8-9-17-14-6-3-2-5-13(12)14/h2-10H,11H2,1H3. The van der Waals surface area contributed by atoms with Gasteiger partial charge in [-0.25, -0.2) is 4.79 Å². The number of rotatable bonds is 3. The minimum absolute atomic E-state index is 0.326. The second kappa shape index (κ2) is 5.17. The number of ether oxygens (including phenoxy) is 1. The quantitative estimate of drug-likeness (QED) is 0.685. The average Bonchev–Trinajstić information content (AvgIpc) is 2.95. The van der Waals surface area contributed by atoms with Gasteiger partial charge in [0.05, 0.1) is 12.6 Å². The molecule has 0 radical (unpaired) electrons. The molecular formula is C16H14N2O2. The molecule has 4 heteroatoms. The lowest BCUT2D eigenvalue weighted by Gasteiger charge is -2.10. The number of benzene rings is 1. The first kappa shape index (κ1) is 12.4. The summed E-state index contributed by atoms with van der Waals surface area (Å²) >= 11 is 0. The first-order chi connectivity index (χ1) is 9.79. The Morgan fingerprint density at radius 2 is 2.05 bits per heavy atom. The monoisotopic (exact) mass is 266 g/mol. The number of carbonyl (C=O) groups excluding carboxylic acids is 1. The van der Waals surface area contributed by atoms with Crippen molar-refractivity contribution in [3.63, 3.8) is 0 Å². The second-order valence-electron chi connectivity index (χ2n) is 4.50. The van der Waals surface area contributed by atoms with Gasteiger partial charge in [0.15, 0.2) is 0 Å². The van der Waals surface area contributed by atoms with E-state index in [1.54, 1.807) is 12.3 Å². The smallest absolute Gasteiger partial charge is 0.354 e. The normalized spacial score (nSPS) is 10.7. The SMILES string of the molecule is COC(=O)c1cccn1Cc1ccnc2ccccc12. The van der Waals surface area contributed by atoms with E-state index in [1.807, 2.05) is 47.2 Å². The molecule has 0 bridgehead atoms. The minimum Gasteiger partial charge on any atom is -0.464 e. The third-order valence-electron chi connectivity index (χ3n) is 3.30. The zero-order valence-corrected chi connectivity index (χ0v) is 11.1. The van der Waals surface area contributed by atoms with Crippen molar-refractivity contribution < 1.29 is 9.53 Å². The lowest BCUT2D eigenvalue weighted by Crippen LogP contribution is -2.11. The van der Waals surface area contributed by atoms with Gasteiger partial charge in [0.1, 0.15) is 5.69 Å². The Morgan fingerprint density at radius 1 is 1.20 bits per heavy atom. The van der Waals surface area contributed by atoms with Crippen LogP contribution in [0.5, 0.6) is 0 Å². The zero-order valence-electron chi connectivity index (χ0n) is 11.1. The second-order valence-corrected chi connectivity index (χ2v) is 4.50. The summed E-state index contributed by atoms with van der Waals surface area (Å²) in [5.74, 6) is -0.326. The van der Waals surface area contributed by atoms with E-state index in [0.717, 1.165) is 16.5 Å². The van der Waals surface area contributed by atoms with E-state index in [0.29, 0.717) is 12.2 Å². The molecule has 0 unspecified atom stereocenters. The first-order valence-electron chi connectivity index (χ1n) is 6.35. The summed E-state index contributed by atoms with van der Waals surface area (Å²) < 4.78 is 6.67. The van der Waals surface area contributed by atoms with Crippen LogP contribution in [0.4, 0.5) is 0 Å². The Bertz CT molecular complexity index is 757. The molecule has 1 aromatic carbocycles. The molecule has 2 aromatic heterocycles. The Kier molecular flexibility index (Phi) is 3.21. The van der Waals surface area contributed by atoms with Crippen LogP contribution in [0, 0.1) is 0 Å². The van der Waals surface area contributed by atoms with Gasteiger partial charge in [-0.3, -0.25) is 4.98 Å². The Balaban J connectivity index is 2.02. The Hall–Kier alpha value is -2.62. The van der Waals surface area contributed by atoms with Gasteiger partial charge in [-0.2, -0.15) is 0 Å². The number of hydrogen-bond donors (Lipinski definition) is 0. The maximum absolute atomic E-state index is 11.7. The molecule has 0 atom stereocenters. The van der Waals surface area contributed by atoms with Crippen molar-refractivity contribution in [3.05, 3.63) is 66.1 Å². The lowest BCUT2D eigenvalue weighted by molar-refractivity contribution is 0.0589. The maximum Gasteiger partial charge on any atom is 0.354 e. The maximum atomic E-state index is 11.7. The summed E-state index contributed by atoms with van der Waals surface area (Å²) in [7, 11) is 1.39. The van der Waals surface area contributed by atoms with E-state index < -0.39 is 0 Å². The van der Waals surface area contributed by atoms with Crippen LogP contribution in [0.3, 0.4) is 0 Å². The molecule has 0 N–H and O–H groups in total. The molecule has 2 heterocycles. The third-order valence-corrected chi connectivity index (χ3v) is 3.30. The largest absolute Gasteiger partial charge is 0.464 e. The van der Waals surface area contributed by atoms with Gasteiger partial charge in [-0.15, -0.1) is 0 Å². The summed E-state index contributed by atoms with van der Waals surface area (Å²) in [6.07, 6.45) is 3.67. The molecule has 0 saturated heterocycles. The number of para-hydroxylation sites is 1. The van der Waals surface area contributed by atoms with E-state index in [9.17, 15) is 4.79 Å². The van der Waals surface area contributed by atoms with Crippen molar-refractivity contribution in [3.8, 4) is 0 Å². The van der Waals surface area contributed by atoms with Gasteiger partial charge in [-0.1, -0.05) is 18.2 Å². The van der Waals surface area contributed by atoms with Crippen LogP contribution in [0.1, 0.15) is 16.1 Å². The number of fused-ring (bicyclic) bond motifs is 1. The first-order valence-corrected chi connectivity index (χ1v) is 6.35. The molecule has 0 fully saturated rings. The number of esters is 1. The molecule has 0 saturated carbocycles. The summed E-state index contributed by atoms with van der Waals surface area (Å²) in [5, 5.41) is 1.10. The molecule has 4 nitrogen and oxygen atoms in total. The van der Waals surface area contributed by atoms with E-state index in [1.165, 1.54) is 7.11 Å². The van der Waals surface area contributed by atoms with E-state index in [2.05, 4.69) is 4.98 Å². The molecule has 20 heavy (non-hydrogen) atoms. The van der Waals surface area contributed by atoms with Crippen LogP contribution in [-0.4, -0.2) is 22.6 Å². The Morgan fingerprint density at radius 3 is 2.90 bits per heavy atom. The number of pyridine rings is 1.